The molecule has 1 aromatic rings. The number of carbonyl (C=O) groups excluding carboxylic acids is 2. The van der Waals surface area contributed by atoms with E-state index in [-0.39, 0.29) is 18.3 Å². The molecule has 7 N–H and O–H groups in total. The fourth-order valence-electron chi connectivity index (χ4n) is 0.750. The molecule has 0 aliphatic carbocycles. The first kappa shape index (κ1) is 10.9. The average molecular weight is 214 g/mol. The third-order valence-electron chi connectivity index (χ3n) is 1.50. The molecule has 1 unspecified atom stereocenters. The number of nitrogen functional groups attached to an aromatic ring is 1. The first-order valence-corrected chi connectivity index (χ1v) is 3.94. The minimum absolute atomic E-state index is 0.0735. The maximum Gasteiger partial charge on any atom is 0.288 e. The van der Waals surface area contributed by atoms with E-state index >= 15 is 0 Å². The second kappa shape index (κ2) is 4.37. The van der Waals surface area contributed by atoms with E-state index in [2.05, 4.69) is 20.5 Å². The number of nitrogens with two attached hydrogens (primary N) is 2. The second-order valence-corrected chi connectivity index (χ2v) is 2.67. The highest BCUT2D eigenvalue weighted by Crippen LogP contribution is 1.92. The summed E-state index contributed by atoms with van der Waals surface area (Å²) in [5.74, 6) is -1.74. The van der Waals surface area contributed by atoms with Gasteiger partial charge in [0, 0.05) is 0 Å². The smallest absolute Gasteiger partial charge is 0.288 e. The van der Waals surface area contributed by atoms with E-state index in [1.807, 2.05) is 0 Å². The highest BCUT2D eigenvalue weighted by atomic mass is 16.3. The number of hydrogen-bond acceptors (Lipinski definition) is 6. The van der Waals surface area contributed by atoms with Gasteiger partial charge < -0.3 is 21.9 Å². The van der Waals surface area contributed by atoms with Crippen molar-refractivity contribution in [1.82, 2.24) is 20.5 Å². The molecular weight excluding hydrogens is 204 g/mol. The zero-order valence-electron chi connectivity index (χ0n) is 7.60. The van der Waals surface area contributed by atoms with Gasteiger partial charge in [-0.25, -0.2) is 0 Å². The van der Waals surface area contributed by atoms with Crippen molar-refractivity contribution in [3.63, 3.8) is 0 Å². The topological polar surface area (TPSA) is 160 Å². The molecule has 9 nitrogen and oxygen atoms in total. The molecule has 0 saturated carbocycles. The molecule has 0 radical (unpaired) electrons. The van der Waals surface area contributed by atoms with Crippen molar-refractivity contribution in [3.8, 4) is 0 Å². The van der Waals surface area contributed by atoms with Crippen LogP contribution in [0.2, 0.25) is 0 Å². The summed E-state index contributed by atoms with van der Waals surface area (Å²) < 4.78 is 0. The van der Waals surface area contributed by atoms with E-state index in [9.17, 15) is 9.59 Å². The van der Waals surface area contributed by atoms with Crippen LogP contribution >= 0.6 is 0 Å². The summed E-state index contributed by atoms with van der Waals surface area (Å²) in [5, 5.41) is 16.9. The van der Waals surface area contributed by atoms with Crippen molar-refractivity contribution in [2.75, 3.05) is 12.3 Å². The average Bonchev–Trinajstić information content (AvgIpc) is 2.60. The Kier molecular flexibility index (Phi) is 3.18. The lowest BCUT2D eigenvalue weighted by Gasteiger charge is -2.06. The van der Waals surface area contributed by atoms with Gasteiger partial charge in [0.05, 0.1) is 6.54 Å². The van der Waals surface area contributed by atoms with E-state index in [4.69, 9.17) is 16.6 Å². The highest BCUT2D eigenvalue weighted by Gasteiger charge is 2.15. The molecule has 1 atom stereocenters. The van der Waals surface area contributed by atoms with Crippen LogP contribution in [0, 0.1) is 0 Å². The molecule has 0 aromatic carbocycles. The van der Waals surface area contributed by atoms with Crippen LogP contribution in [-0.2, 0) is 4.79 Å². The van der Waals surface area contributed by atoms with E-state index < -0.39 is 17.9 Å². The van der Waals surface area contributed by atoms with Gasteiger partial charge >= 0.3 is 0 Å². The van der Waals surface area contributed by atoms with E-state index in [0.717, 1.165) is 0 Å². The zero-order chi connectivity index (χ0) is 11.4. The van der Waals surface area contributed by atoms with Crippen LogP contribution < -0.4 is 16.8 Å². The number of carbonyl (C=O) groups is 2. The van der Waals surface area contributed by atoms with Gasteiger partial charge in [-0.15, -0.1) is 5.10 Å². The van der Waals surface area contributed by atoms with Crippen molar-refractivity contribution >= 4 is 17.8 Å². The third kappa shape index (κ3) is 2.91. The summed E-state index contributed by atoms with van der Waals surface area (Å²) >= 11 is 0. The number of hydrogen-bond donors (Lipinski definition) is 5. The van der Waals surface area contributed by atoms with Gasteiger partial charge in [0.1, 0.15) is 6.10 Å². The van der Waals surface area contributed by atoms with Gasteiger partial charge in [0.2, 0.25) is 17.7 Å². The summed E-state index contributed by atoms with van der Waals surface area (Å²) in [5.41, 5.74) is 9.93. The molecule has 0 aliphatic rings. The number of nitrogens with one attached hydrogen (secondary N) is 2. The number of anilines is 1. The maximum atomic E-state index is 11.2. The fourth-order valence-corrected chi connectivity index (χ4v) is 0.750. The van der Waals surface area contributed by atoms with Crippen molar-refractivity contribution in [1.29, 1.82) is 0 Å². The van der Waals surface area contributed by atoms with Crippen molar-refractivity contribution < 1.29 is 14.7 Å². The first-order valence-electron chi connectivity index (χ1n) is 3.94. The summed E-state index contributed by atoms with van der Waals surface area (Å²) in [4.78, 5) is 25.2. The number of aromatic nitrogens is 3. The molecule has 2 amide bonds. The molecular formula is C6H10N6O3. The first-order chi connectivity index (χ1) is 7.00. The Hall–Kier alpha value is -2.16. The van der Waals surface area contributed by atoms with E-state index in [1.54, 1.807) is 0 Å². The predicted octanol–water partition coefficient (Wildman–Crippen LogP) is -3.04. The second-order valence-electron chi connectivity index (χ2n) is 2.67. The standard InChI is InChI=1S/C6H10N6O3/c7-3(14)2(13)1-9-5(15)4-10-6(8)12-11-4/h2,13H,1H2,(H2,7,14)(H,9,15)(H3,8,10,11,12). The Morgan fingerprint density at radius 2 is 2.27 bits per heavy atom. The van der Waals surface area contributed by atoms with Crippen LogP contribution in [0.4, 0.5) is 5.95 Å². The molecule has 0 aliphatic heterocycles. The number of rotatable bonds is 4. The predicted molar refractivity (Wildman–Crippen MR) is 48.3 cm³/mol. The minimum Gasteiger partial charge on any atom is -0.381 e. The molecule has 0 saturated heterocycles. The summed E-state index contributed by atoms with van der Waals surface area (Å²) in [6.45, 7) is -0.297. The van der Waals surface area contributed by atoms with E-state index in [0.29, 0.717) is 0 Å². The maximum absolute atomic E-state index is 11.2. The number of amides is 2. The lowest BCUT2D eigenvalue weighted by atomic mass is 10.3. The molecule has 0 fully saturated rings. The quantitative estimate of drug-likeness (QED) is 0.358. The van der Waals surface area contributed by atoms with Gasteiger partial charge in [-0.3, -0.25) is 14.7 Å². The Balaban J connectivity index is 2.47. The Bertz CT molecular complexity index is 375. The summed E-state index contributed by atoms with van der Waals surface area (Å²) in [6.07, 6.45) is -1.44. The van der Waals surface area contributed by atoms with Crippen LogP contribution in [0.15, 0.2) is 0 Å². The lowest BCUT2D eigenvalue weighted by molar-refractivity contribution is -0.125. The molecule has 1 rings (SSSR count). The van der Waals surface area contributed by atoms with Crippen LogP contribution in [0.3, 0.4) is 0 Å². The number of nitrogens with zero attached hydrogens (tertiary/aromatic N) is 2. The normalized spacial score (nSPS) is 12.1. The van der Waals surface area contributed by atoms with Gasteiger partial charge in [-0.2, -0.15) is 4.98 Å². The molecule has 0 spiro atoms. The van der Waals surface area contributed by atoms with Crippen LogP contribution in [-0.4, -0.2) is 44.8 Å². The van der Waals surface area contributed by atoms with Gasteiger partial charge in [0.25, 0.3) is 5.91 Å². The fraction of sp³-hybridized carbons (Fsp3) is 0.333. The summed E-state index contributed by atoms with van der Waals surface area (Å²) in [6, 6.07) is 0. The summed E-state index contributed by atoms with van der Waals surface area (Å²) in [7, 11) is 0. The number of aliphatic hydroxyl groups is 1. The number of primary amides is 1. The molecule has 1 aromatic heterocycles. The van der Waals surface area contributed by atoms with Gasteiger partial charge in [-0.05, 0) is 0 Å². The highest BCUT2D eigenvalue weighted by molar-refractivity contribution is 5.91. The van der Waals surface area contributed by atoms with Crippen LogP contribution in [0.5, 0.6) is 0 Å². The Labute approximate surface area is 83.9 Å². The zero-order valence-corrected chi connectivity index (χ0v) is 7.60. The van der Waals surface area contributed by atoms with E-state index in [1.165, 1.54) is 0 Å². The van der Waals surface area contributed by atoms with Crippen LogP contribution in [0.1, 0.15) is 10.6 Å². The number of H-pyrrole nitrogens is 1. The molecule has 15 heavy (non-hydrogen) atoms. The molecule has 9 heteroatoms. The van der Waals surface area contributed by atoms with Crippen molar-refractivity contribution in [3.05, 3.63) is 5.82 Å². The van der Waals surface area contributed by atoms with Crippen molar-refractivity contribution in [2.24, 2.45) is 5.73 Å². The Morgan fingerprint density at radius 1 is 1.60 bits per heavy atom. The molecule has 0 bridgehead atoms. The molecule has 82 valence electrons. The molecule has 1 heterocycles. The SMILES string of the molecule is NC(=O)C(O)CNC(=O)c1nc(N)n[nH]1. The van der Waals surface area contributed by atoms with Crippen LogP contribution in [0.25, 0.3) is 0 Å². The van der Waals surface area contributed by atoms with Gasteiger partial charge in [-0.1, -0.05) is 0 Å². The monoisotopic (exact) mass is 214 g/mol. The lowest BCUT2D eigenvalue weighted by Crippen LogP contribution is -2.40. The Morgan fingerprint density at radius 3 is 2.73 bits per heavy atom. The minimum atomic E-state index is -1.44. The van der Waals surface area contributed by atoms with Crippen molar-refractivity contribution in [2.45, 2.75) is 6.10 Å². The largest absolute Gasteiger partial charge is 0.381 e. The van der Waals surface area contributed by atoms with Gasteiger partial charge in [0.15, 0.2) is 0 Å². The number of aliphatic hydroxyl groups excluding tert-OH is 1. The third-order valence-corrected chi connectivity index (χ3v) is 1.50. The number of aromatic amines is 1.